The van der Waals surface area contributed by atoms with E-state index in [0.29, 0.717) is 5.92 Å². The molecule has 1 aromatic carbocycles. The number of nitrogens with zero attached hydrogens (tertiary/aromatic N) is 1. The third kappa shape index (κ3) is 3.61. The maximum Gasteiger partial charge on any atom is 0.129 e. The highest BCUT2D eigenvalue weighted by atomic mass is 28.3. The van der Waals surface area contributed by atoms with Gasteiger partial charge in [-0.15, -0.1) is 11.5 Å². The van der Waals surface area contributed by atoms with Gasteiger partial charge in [-0.2, -0.15) is 0 Å². The smallest absolute Gasteiger partial charge is 0.129 e. The fourth-order valence-electron chi connectivity index (χ4n) is 4.81. The topological polar surface area (TPSA) is 3.24 Å². The molecule has 0 amide bonds. The fourth-order valence-corrected chi connectivity index (χ4v) is 5.45. The Kier molecular flexibility index (Phi) is 4.31. The third-order valence-electron chi connectivity index (χ3n) is 6.35. The summed E-state index contributed by atoms with van der Waals surface area (Å²) in [5, 5.41) is 0. The Balaban J connectivity index is 1.78. The van der Waals surface area contributed by atoms with Crippen molar-refractivity contribution in [3.05, 3.63) is 28.8 Å². The average molecular weight is 366 g/mol. The maximum atomic E-state index is 3.73. The molecule has 26 heavy (non-hydrogen) atoms. The largest absolute Gasteiger partial charge is 0.371 e. The average Bonchev–Trinajstić information content (AvgIpc) is 3.43. The van der Waals surface area contributed by atoms with E-state index in [1.165, 1.54) is 44.2 Å². The van der Waals surface area contributed by atoms with Crippen LogP contribution in [0.5, 0.6) is 0 Å². The van der Waals surface area contributed by atoms with Crippen molar-refractivity contribution in [2.24, 2.45) is 5.92 Å². The van der Waals surface area contributed by atoms with Crippen molar-refractivity contribution in [2.75, 3.05) is 11.9 Å². The number of benzene rings is 1. The second-order valence-corrected chi connectivity index (χ2v) is 15.4. The van der Waals surface area contributed by atoms with Gasteiger partial charge in [0.05, 0.1) is 0 Å². The molecule has 0 saturated heterocycles. The molecular weight excluding hydrogens is 330 g/mol. The van der Waals surface area contributed by atoms with Crippen LogP contribution in [-0.2, 0) is 11.8 Å². The standard InChI is InChI=1S/C24H35NSi/c1-24(2)16-17(13-14-26(4,5)6)15-21-20(18-7-8-18)11-12-22(23(21)24)25(3)19-9-10-19/h11-12,17-19H,7-10,15-16H2,1-6H3. The van der Waals surface area contributed by atoms with Gasteiger partial charge < -0.3 is 4.90 Å². The molecule has 2 fully saturated rings. The maximum absolute atomic E-state index is 3.73. The summed E-state index contributed by atoms with van der Waals surface area (Å²) in [7, 11) is 1.01. The van der Waals surface area contributed by atoms with Gasteiger partial charge in [0.15, 0.2) is 0 Å². The Hall–Kier alpha value is -1.20. The summed E-state index contributed by atoms with van der Waals surface area (Å²) in [6.45, 7) is 12.0. The molecule has 3 aliphatic carbocycles. The Morgan fingerprint density at radius 3 is 2.35 bits per heavy atom. The second kappa shape index (κ2) is 6.16. The molecule has 1 nitrogen and oxygen atoms in total. The van der Waals surface area contributed by atoms with Crippen molar-refractivity contribution in [1.29, 1.82) is 0 Å². The van der Waals surface area contributed by atoms with Gasteiger partial charge in [-0.25, -0.2) is 0 Å². The molecule has 2 saturated carbocycles. The Morgan fingerprint density at radius 2 is 1.77 bits per heavy atom. The Bertz CT molecular complexity index is 766. The summed E-state index contributed by atoms with van der Waals surface area (Å²) in [6.07, 6.45) is 7.87. The van der Waals surface area contributed by atoms with Crippen LogP contribution in [-0.4, -0.2) is 21.2 Å². The number of fused-ring (bicyclic) bond motifs is 1. The number of anilines is 1. The minimum atomic E-state index is -1.31. The number of hydrogen-bond donors (Lipinski definition) is 0. The van der Waals surface area contributed by atoms with E-state index in [1.807, 2.05) is 0 Å². The minimum absolute atomic E-state index is 0.218. The molecule has 2 heteroatoms. The lowest BCUT2D eigenvalue weighted by Gasteiger charge is -2.40. The van der Waals surface area contributed by atoms with E-state index in [4.69, 9.17) is 0 Å². The van der Waals surface area contributed by atoms with Crippen molar-refractivity contribution >= 4 is 13.8 Å². The predicted molar refractivity (Wildman–Crippen MR) is 116 cm³/mol. The SMILES string of the molecule is CN(c1ccc(C2CC2)c2c1C(C)(C)CC(C#C[Si](C)(C)C)C2)C1CC1. The lowest BCUT2D eigenvalue weighted by Crippen LogP contribution is -2.34. The summed E-state index contributed by atoms with van der Waals surface area (Å²) < 4.78 is 0. The van der Waals surface area contributed by atoms with Crippen LogP contribution in [0.4, 0.5) is 5.69 Å². The molecule has 1 atom stereocenters. The van der Waals surface area contributed by atoms with Crippen molar-refractivity contribution in [1.82, 2.24) is 0 Å². The van der Waals surface area contributed by atoms with Gasteiger partial charge >= 0.3 is 0 Å². The highest BCUT2D eigenvalue weighted by Crippen LogP contribution is 2.51. The van der Waals surface area contributed by atoms with Crippen molar-refractivity contribution in [3.8, 4) is 11.5 Å². The first-order chi connectivity index (χ1) is 12.2. The van der Waals surface area contributed by atoms with Crippen LogP contribution in [0.15, 0.2) is 12.1 Å². The van der Waals surface area contributed by atoms with Crippen molar-refractivity contribution in [3.63, 3.8) is 0 Å². The van der Waals surface area contributed by atoms with E-state index < -0.39 is 8.07 Å². The monoisotopic (exact) mass is 365 g/mol. The van der Waals surface area contributed by atoms with E-state index in [1.54, 1.807) is 16.7 Å². The first-order valence-corrected chi connectivity index (χ1v) is 14.1. The van der Waals surface area contributed by atoms with Crippen molar-refractivity contribution in [2.45, 2.75) is 89.4 Å². The van der Waals surface area contributed by atoms with E-state index >= 15 is 0 Å². The minimum Gasteiger partial charge on any atom is -0.371 e. The van der Waals surface area contributed by atoms with Crippen LogP contribution in [0.1, 0.15) is 68.6 Å². The summed E-state index contributed by atoms with van der Waals surface area (Å²) in [6, 6.07) is 5.68. The first kappa shape index (κ1) is 18.2. The fraction of sp³-hybridized carbons (Fsp3) is 0.667. The normalized spacial score (nSPS) is 24.5. The van der Waals surface area contributed by atoms with Crippen LogP contribution in [0.2, 0.25) is 19.6 Å². The van der Waals surface area contributed by atoms with Crippen LogP contribution >= 0.6 is 0 Å². The zero-order valence-corrected chi connectivity index (χ0v) is 18.6. The van der Waals surface area contributed by atoms with Gasteiger partial charge in [-0.05, 0) is 72.6 Å². The highest BCUT2D eigenvalue weighted by Gasteiger charge is 2.40. The molecule has 0 N–H and O–H groups in total. The lowest BCUT2D eigenvalue weighted by molar-refractivity contribution is 0.380. The molecule has 0 aliphatic heterocycles. The van der Waals surface area contributed by atoms with Gasteiger partial charge in [0.1, 0.15) is 8.07 Å². The van der Waals surface area contributed by atoms with Gasteiger partial charge in [-0.1, -0.05) is 39.6 Å². The van der Waals surface area contributed by atoms with Crippen LogP contribution in [0.3, 0.4) is 0 Å². The van der Waals surface area contributed by atoms with Crippen molar-refractivity contribution < 1.29 is 0 Å². The lowest BCUT2D eigenvalue weighted by atomic mass is 9.66. The molecule has 0 bridgehead atoms. The third-order valence-corrected chi connectivity index (χ3v) is 7.25. The molecule has 0 aromatic heterocycles. The molecule has 1 aromatic rings. The quantitative estimate of drug-likeness (QED) is 0.477. The molecule has 0 heterocycles. The molecule has 3 aliphatic rings. The Morgan fingerprint density at radius 1 is 1.08 bits per heavy atom. The first-order valence-electron chi connectivity index (χ1n) is 10.6. The van der Waals surface area contributed by atoms with Crippen LogP contribution in [0, 0.1) is 17.4 Å². The van der Waals surface area contributed by atoms with E-state index in [0.717, 1.165) is 12.0 Å². The van der Waals surface area contributed by atoms with Gasteiger partial charge in [0.2, 0.25) is 0 Å². The molecule has 0 spiro atoms. The zero-order chi connectivity index (χ0) is 18.7. The second-order valence-electron chi connectivity index (χ2n) is 10.7. The molecule has 0 radical (unpaired) electrons. The molecular formula is C24H35NSi. The molecule has 4 rings (SSSR count). The van der Waals surface area contributed by atoms with E-state index in [2.05, 4.69) is 69.0 Å². The van der Waals surface area contributed by atoms with Crippen LogP contribution in [0.25, 0.3) is 0 Å². The molecule has 140 valence electrons. The molecule has 1 unspecified atom stereocenters. The number of rotatable bonds is 3. The highest BCUT2D eigenvalue weighted by molar-refractivity contribution is 6.83. The summed E-state index contributed by atoms with van der Waals surface area (Å²) >= 11 is 0. The van der Waals surface area contributed by atoms with Gasteiger partial charge in [-0.3, -0.25) is 0 Å². The van der Waals surface area contributed by atoms with Crippen LogP contribution < -0.4 is 4.90 Å². The summed E-state index contributed by atoms with van der Waals surface area (Å²) in [5.41, 5.74) is 10.4. The predicted octanol–water partition coefficient (Wildman–Crippen LogP) is 5.88. The van der Waals surface area contributed by atoms with E-state index in [9.17, 15) is 0 Å². The summed E-state index contributed by atoms with van der Waals surface area (Å²) in [5.74, 6) is 5.08. The van der Waals surface area contributed by atoms with E-state index in [-0.39, 0.29) is 5.41 Å². The van der Waals surface area contributed by atoms with Gasteiger partial charge in [0, 0.05) is 24.7 Å². The number of hydrogen-bond acceptors (Lipinski definition) is 1. The van der Waals surface area contributed by atoms with Gasteiger partial charge in [0.25, 0.3) is 0 Å². The Labute approximate surface area is 161 Å². The summed E-state index contributed by atoms with van der Waals surface area (Å²) in [4.78, 5) is 2.57. The zero-order valence-electron chi connectivity index (χ0n) is 17.6.